The Morgan fingerprint density at radius 2 is 1.82 bits per heavy atom. The number of carbonyl (C=O) groups is 2. The zero-order valence-corrected chi connectivity index (χ0v) is 26.7. The number of amides is 2. The highest BCUT2D eigenvalue weighted by Gasteiger charge is 2.68. The quantitative estimate of drug-likeness (QED) is 0.303. The molecule has 2 aliphatic heterocycles. The molecule has 2 saturated heterocycles. The van der Waals surface area contributed by atoms with Crippen molar-refractivity contribution in [1.82, 2.24) is 10.2 Å². The molecule has 44 heavy (non-hydrogen) atoms. The van der Waals surface area contributed by atoms with Gasteiger partial charge in [-0.25, -0.2) is 8.42 Å². The first-order valence-corrected chi connectivity index (χ1v) is 17.5. The smallest absolute Gasteiger partial charge is 0.404 e. The summed E-state index contributed by atoms with van der Waals surface area (Å²) >= 11 is 0. The van der Waals surface area contributed by atoms with Crippen LogP contribution in [0.15, 0.2) is 64.4 Å². The summed E-state index contributed by atoms with van der Waals surface area (Å²) in [6, 6.07) is 13.5. The van der Waals surface area contributed by atoms with Crippen LogP contribution in [-0.2, 0) is 23.9 Å². The fraction of sp³-hybridized carbons (Fsp3) is 0.576. The van der Waals surface area contributed by atoms with E-state index < -0.39 is 23.0 Å². The van der Waals surface area contributed by atoms with Gasteiger partial charge in [0.2, 0.25) is 15.7 Å². The summed E-state index contributed by atoms with van der Waals surface area (Å²) in [6.45, 7) is 7.79. The number of likely N-dealkylation sites (tertiary alicyclic amines) is 1. The third-order valence-electron chi connectivity index (χ3n) is 10.9. The summed E-state index contributed by atoms with van der Waals surface area (Å²) in [6.07, 6.45) is 5.62. The molecule has 2 amide bonds. The van der Waals surface area contributed by atoms with Crippen LogP contribution in [0.1, 0.15) is 76.1 Å². The van der Waals surface area contributed by atoms with Crippen LogP contribution < -0.4 is 11.1 Å². The van der Waals surface area contributed by atoms with Gasteiger partial charge in [0, 0.05) is 12.1 Å². The minimum atomic E-state index is -3.79. The Hall–Kier alpha value is -2.73. The molecule has 7 rings (SSSR count). The first-order valence-electron chi connectivity index (χ1n) is 16.0. The number of carbonyl (C=O) groups excluding carboxylic acids is 2. The summed E-state index contributed by atoms with van der Waals surface area (Å²) in [7, 11) is -4.36. The molecule has 236 valence electrons. The molecule has 2 aromatic carbocycles. The number of nitrogens with zero attached hydrogens (tertiary/aromatic N) is 1. The average molecular weight is 622 g/mol. The minimum absolute atomic E-state index is 0.00202. The monoisotopic (exact) mass is 621 g/mol. The van der Waals surface area contributed by atoms with Crippen molar-refractivity contribution in [3.63, 3.8) is 0 Å². The van der Waals surface area contributed by atoms with Gasteiger partial charge in [-0.05, 0) is 99.6 Å². The lowest BCUT2D eigenvalue weighted by Gasteiger charge is -2.64. The molecular weight excluding hydrogens is 577 g/mol. The zero-order chi connectivity index (χ0) is 31.3. The van der Waals surface area contributed by atoms with E-state index in [4.69, 9.17) is 15.0 Å². The predicted octanol–water partition coefficient (Wildman–Crippen LogP) is 4.01. The second-order valence-corrected chi connectivity index (χ2v) is 15.7. The van der Waals surface area contributed by atoms with Crippen molar-refractivity contribution in [2.75, 3.05) is 13.1 Å². The van der Waals surface area contributed by atoms with Crippen LogP contribution in [0.4, 0.5) is 0 Å². The van der Waals surface area contributed by atoms with Gasteiger partial charge in [0.25, 0.3) is 5.91 Å². The van der Waals surface area contributed by atoms with E-state index in [9.17, 15) is 18.0 Å². The normalized spacial score (nSPS) is 29.5. The Labute approximate surface area is 261 Å². The molecule has 0 aromatic heterocycles. The Morgan fingerprint density at radius 3 is 2.55 bits per heavy atom. The van der Waals surface area contributed by atoms with Gasteiger partial charge >= 0.3 is 7.12 Å². The maximum atomic E-state index is 13.8. The van der Waals surface area contributed by atoms with Crippen molar-refractivity contribution < 1.29 is 27.3 Å². The molecule has 9 nitrogen and oxygen atoms in total. The lowest BCUT2D eigenvalue weighted by molar-refractivity contribution is -0.199. The van der Waals surface area contributed by atoms with Gasteiger partial charge in [-0.1, -0.05) is 44.5 Å². The van der Waals surface area contributed by atoms with E-state index in [1.54, 1.807) is 35.2 Å². The van der Waals surface area contributed by atoms with Gasteiger partial charge < -0.3 is 25.3 Å². The largest absolute Gasteiger partial charge is 0.481 e. The highest BCUT2D eigenvalue weighted by molar-refractivity contribution is 7.91. The summed E-state index contributed by atoms with van der Waals surface area (Å²) < 4.78 is 39.7. The maximum absolute atomic E-state index is 13.8. The van der Waals surface area contributed by atoms with Gasteiger partial charge in [-0.15, -0.1) is 0 Å². The minimum Gasteiger partial charge on any atom is -0.404 e. The summed E-state index contributed by atoms with van der Waals surface area (Å²) in [4.78, 5) is 29.3. The van der Waals surface area contributed by atoms with E-state index in [1.165, 1.54) is 24.3 Å². The van der Waals surface area contributed by atoms with Gasteiger partial charge in [0.05, 0.1) is 27.4 Å². The van der Waals surface area contributed by atoms with Crippen molar-refractivity contribution in [2.24, 2.45) is 23.0 Å². The molecule has 0 radical (unpaired) electrons. The van der Waals surface area contributed by atoms with Crippen molar-refractivity contribution in [1.29, 1.82) is 0 Å². The van der Waals surface area contributed by atoms with Crippen LogP contribution in [0.25, 0.3) is 0 Å². The molecule has 0 spiro atoms. The Kier molecular flexibility index (Phi) is 8.45. The van der Waals surface area contributed by atoms with Gasteiger partial charge in [-0.2, -0.15) is 0 Å². The van der Waals surface area contributed by atoms with Crippen molar-refractivity contribution in [3.8, 4) is 0 Å². The number of sulfone groups is 1. The predicted molar refractivity (Wildman–Crippen MR) is 167 cm³/mol. The Balaban J connectivity index is 1.17. The molecule has 3 N–H and O–H groups in total. The molecule has 2 heterocycles. The molecule has 5 fully saturated rings. The van der Waals surface area contributed by atoms with Crippen molar-refractivity contribution >= 4 is 28.8 Å². The van der Waals surface area contributed by atoms with Gasteiger partial charge in [0.1, 0.15) is 6.04 Å². The molecule has 11 heteroatoms. The lowest BCUT2D eigenvalue weighted by atomic mass is 9.43. The highest BCUT2D eigenvalue weighted by atomic mass is 32.2. The second-order valence-electron chi connectivity index (χ2n) is 13.7. The van der Waals surface area contributed by atoms with E-state index in [0.29, 0.717) is 44.2 Å². The first-order chi connectivity index (χ1) is 21.0. The number of rotatable bonds is 10. The summed E-state index contributed by atoms with van der Waals surface area (Å²) in [5, 5.41) is 3.21. The highest BCUT2D eigenvalue weighted by Crippen LogP contribution is 2.65. The summed E-state index contributed by atoms with van der Waals surface area (Å²) in [5.41, 5.74) is 5.85. The average Bonchev–Trinajstić information content (AvgIpc) is 3.65. The maximum Gasteiger partial charge on any atom is 0.481 e. The molecule has 0 unspecified atom stereocenters. The molecule has 6 atom stereocenters. The van der Waals surface area contributed by atoms with E-state index in [0.717, 1.165) is 25.7 Å². The second kappa shape index (κ2) is 11.9. The number of benzene rings is 2. The van der Waals surface area contributed by atoms with Crippen LogP contribution in [-0.4, -0.2) is 69.0 Å². The van der Waals surface area contributed by atoms with Gasteiger partial charge in [-0.3, -0.25) is 9.59 Å². The van der Waals surface area contributed by atoms with Crippen LogP contribution in [0.3, 0.4) is 0 Å². The number of nitrogens with two attached hydrogens (primary N) is 1. The first kappa shape index (κ1) is 31.3. The molecule has 3 saturated carbocycles. The van der Waals surface area contributed by atoms with Crippen LogP contribution in [0, 0.1) is 17.3 Å². The lowest BCUT2D eigenvalue weighted by Crippen LogP contribution is -2.65. The van der Waals surface area contributed by atoms with Crippen LogP contribution in [0.2, 0.25) is 0 Å². The molecule has 5 aliphatic rings. The van der Waals surface area contributed by atoms with Crippen molar-refractivity contribution in [3.05, 3.63) is 60.2 Å². The number of unbranched alkanes of at least 4 members (excludes halogenated alkanes) is 1. The fourth-order valence-corrected chi connectivity index (χ4v) is 9.44. The topological polar surface area (TPSA) is 128 Å². The van der Waals surface area contributed by atoms with Gasteiger partial charge in [0.15, 0.2) is 0 Å². The molecular formula is C33H44BN3O6S. The SMILES string of the molecule is CC1(C)[C@@H]2C[C@H]3OB([C@H](CCCCN)NC(=O)[C@@H]4CCCN4C(=O)c4cccc(S(=O)(=O)c5ccccc5)c4)O[C@@]3(C)[C@H]1C2. The Bertz CT molecular complexity index is 1500. The zero-order valence-electron chi connectivity index (χ0n) is 25.9. The molecule has 2 bridgehead atoms. The van der Waals surface area contributed by atoms with E-state index >= 15 is 0 Å². The van der Waals surface area contributed by atoms with E-state index in [1.807, 2.05) is 0 Å². The fourth-order valence-electron chi connectivity index (χ4n) is 8.12. The van der Waals surface area contributed by atoms with Crippen LogP contribution >= 0.6 is 0 Å². The third-order valence-corrected chi connectivity index (χ3v) is 12.6. The van der Waals surface area contributed by atoms with E-state index in [2.05, 4.69) is 26.1 Å². The molecule has 2 aromatic rings. The number of hydrogen-bond donors (Lipinski definition) is 2. The van der Waals surface area contributed by atoms with E-state index in [-0.39, 0.29) is 50.2 Å². The van der Waals surface area contributed by atoms with Crippen molar-refractivity contribution in [2.45, 2.75) is 99.2 Å². The number of hydrogen-bond acceptors (Lipinski definition) is 7. The number of nitrogens with one attached hydrogen (secondary N) is 1. The third kappa shape index (κ3) is 5.39. The van der Waals surface area contributed by atoms with Crippen LogP contribution in [0.5, 0.6) is 0 Å². The Morgan fingerprint density at radius 1 is 1.07 bits per heavy atom. The standard InChI is InChI=1S/C33H44BN3O6S/c1-32(2)23-20-27(32)33(3)28(21-23)42-34(43-33)29(16-7-8-17-35)36-30(38)26-15-10-18-37(26)31(39)22-11-9-14-25(19-22)44(40,41)24-12-5-4-6-13-24/h4-6,9,11-14,19,23,26-29H,7-8,10,15-18,20-21,35H2,1-3H3,(H,36,38)/t23-,26-,27-,28+,29-,33-/m0/s1. The molecule has 3 aliphatic carbocycles. The summed E-state index contributed by atoms with van der Waals surface area (Å²) in [5.74, 6) is 0.0690.